The molecule has 1 aliphatic rings. The van der Waals surface area contributed by atoms with Gasteiger partial charge >= 0.3 is 21.3 Å². The van der Waals surface area contributed by atoms with Gasteiger partial charge in [0.15, 0.2) is 0 Å². The molecule has 1 fully saturated rings. The van der Waals surface area contributed by atoms with Crippen LogP contribution in [0.1, 0.15) is 13.3 Å². The molecule has 0 amide bonds. The molecule has 0 aliphatic carbocycles. The van der Waals surface area contributed by atoms with E-state index in [1.165, 1.54) is 6.92 Å². The van der Waals surface area contributed by atoms with Crippen molar-refractivity contribution in [3.05, 3.63) is 0 Å². The second kappa shape index (κ2) is 4.80. The molecule has 0 saturated carbocycles. The molecule has 0 aromatic heterocycles. The number of carbonyl (C=O) groups excluding carboxylic acids is 1. The third-order valence-corrected chi connectivity index (χ3v) is 2.86. The molecule has 1 heterocycles. The standard InChI is InChI=1S/C7H10F2O7S/c1-4-5(2-3-14-16-4)15-6(10)7(8,9)17(11,12)13/h4-5H,2-3H2,1H3,(H,11,12,13). The lowest BCUT2D eigenvalue weighted by atomic mass is 10.1. The monoisotopic (exact) mass is 276 g/mol. The van der Waals surface area contributed by atoms with Gasteiger partial charge in [0.1, 0.15) is 12.2 Å². The van der Waals surface area contributed by atoms with Gasteiger partial charge in [-0.05, 0) is 6.92 Å². The molecule has 0 spiro atoms. The van der Waals surface area contributed by atoms with Crippen LogP contribution in [0, 0.1) is 0 Å². The summed E-state index contributed by atoms with van der Waals surface area (Å²) in [5.41, 5.74) is 0. The Morgan fingerprint density at radius 3 is 2.59 bits per heavy atom. The van der Waals surface area contributed by atoms with Gasteiger partial charge < -0.3 is 4.74 Å². The smallest absolute Gasteiger partial charge is 0.454 e. The predicted octanol–water partition coefficient (Wildman–Crippen LogP) is 0.119. The van der Waals surface area contributed by atoms with Gasteiger partial charge in [0, 0.05) is 6.42 Å². The van der Waals surface area contributed by atoms with E-state index in [1.54, 1.807) is 0 Å². The molecular formula is C7H10F2O7S. The Labute approximate surface area is 95.3 Å². The average Bonchev–Trinajstić information content (AvgIpc) is 2.19. The van der Waals surface area contributed by atoms with E-state index in [0.717, 1.165) is 0 Å². The second-order valence-electron chi connectivity index (χ2n) is 3.35. The second-order valence-corrected chi connectivity index (χ2v) is 4.81. The van der Waals surface area contributed by atoms with Gasteiger partial charge in [0.05, 0.1) is 6.61 Å². The number of ether oxygens (including phenoxy) is 1. The van der Waals surface area contributed by atoms with Crippen LogP contribution in [-0.2, 0) is 29.4 Å². The molecular weight excluding hydrogens is 266 g/mol. The predicted molar refractivity (Wildman–Crippen MR) is 47.5 cm³/mol. The molecule has 7 nitrogen and oxygen atoms in total. The third-order valence-electron chi connectivity index (χ3n) is 2.05. The Kier molecular flexibility index (Phi) is 4.02. The van der Waals surface area contributed by atoms with E-state index < -0.39 is 33.5 Å². The first-order chi connectivity index (χ1) is 7.66. The molecule has 0 aromatic rings. The van der Waals surface area contributed by atoms with Crippen LogP contribution in [0.4, 0.5) is 8.78 Å². The van der Waals surface area contributed by atoms with Crippen LogP contribution in [0.5, 0.6) is 0 Å². The Morgan fingerprint density at radius 2 is 2.12 bits per heavy atom. The lowest BCUT2D eigenvalue weighted by Gasteiger charge is -2.28. The van der Waals surface area contributed by atoms with Gasteiger partial charge in [-0.3, -0.25) is 4.55 Å². The normalized spacial score (nSPS) is 26.6. The van der Waals surface area contributed by atoms with Crippen LogP contribution in [0.2, 0.25) is 0 Å². The summed E-state index contributed by atoms with van der Waals surface area (Å²) in [6, 6.07) is 0. The number of esters is 1. The molecule has 10 heteroatoms. The molecule has 1 rings (SSSR count). The Bertz CT molecular complexity index is 393. The molecule has 100 valence electrons. The SMILES string of the molecule is CC1OOCCC1OC(=O)C(F)(F)S(=O)(=O)O. The minimum absolute atomic E-state index is 0.0136. The van der Waals surface area contributed by atoms with Crippen molar-refractivity contribution in [1.82, 2.24) is 0 Å². The number of hydrogen-bond donors (Lipinski definition) is 1. The Hall–Kier alpha value is -0.840. The first-order valence-corrected chi connectivity index (χ1v) is 5.94. The molecule has 0 radical (unpaired) electrons. The summed E-state index contributed by atoms with van der Waals surface area (Å²) >= 11 is 0. The first-order valence-electron chi connectivity index (χ1n) is 4.50. The van der Waals surface area contributed by atoms with Crippen molar-refractivity contribution in [1.29, 1.82) is 0 Å². The van der Waals surface area contributed by atoms with Crippen molar-refractivity contribution in [2.45, 2.75) is 30.8 Å². The van der Waals surface area contributed by atoms with E-state index in [9.17, 15) is 22.0 Å². The van der Waals surface area contributed by atoms with Gasteiger partial charge in [0.2, 0.25) is 0 Å². The zero-order chi connectivity index (χ0) is 13.3. The summed E-state index contributed by atoms with van der Waals surface area (Å²) in [4.78, 5) is 20.0. The van der Waals surface area contributed by atoms with E-state index in [-0.39, 0.29) is 13.0 Å². The highest BCUT2D eigenvalue weighted by atomic mass is 32.2. The fourth-order valence-corrected chi connectivity index (χ4v) is 1.34. The van der Waals surface area contributed by atoms with Crippen LogP contribution < -0.4 is 0 Å². The molecule has 17 heavy (non-hydrogen) atoms. The van der Waals surface area contributed by atoms with Crippen molar-refractivity contribution in [3.63, 3.8) is 0 Å². The third kappa shape index (κ3) is 3.09. The number of halogens is 2. The lowest BCUT2D eigenvalue weighted by molar-refractivity contribution is -0.360. The summed E-state index contributed by atoms with van der Waals surface area (Å²) < 4.78 is 58.6. The fourth-order valence-electron chi connectivity index (χ4n) is 1.08. The average molecular weight is 276 g/mol. The van der Waals surface area contributed by atoms with Gasteiger partial charge in [-0.2, -0.15) is 17.2 Å². The molecule has 0 aromatic carbocycles. The zero-order valence-electron chi connectivity index (χ0n) is 8.63. The number of alkyl halides is 2. The molecule has 2 unspecified atom stereocenters. The molecule has 2 atom stereocenters. The van der Waals surface area contributed by atoms with Crippen LogP contribution in [0.15, 0.2) is 0 Å². The highest BCUT2D eigenvalue weighted by molar-refractivity contribution is 7.87. The highest BCUT2D eigenvalue weighted by Crippen LogP contribution is 2.25. The maximum absolute atomic E-state index is 12.8. The summed E-state index contributed by atoms with van der Waals surface area (Å²) in [6.07, 6.45) is -1.80. The van der Waals surface area contributed by atoms with E-state index >= 15 is 0 Å². The Morgan fingerprint density at radius 1 is 1.53 bits per heavy atom. The summed E-state index contributed by atoms with van der Waals surface area (Å²) in [6.45, 7) is 1.41. The quantitative estimate of drug-likeness (QED) is 0.444. The van der Waals surface area contributed by atoms with Gasteiger partial charge in [-0.1, -0.05) is 0 Å². The lowest BCUT2D eigenvalue weighted by Crippen LogP contribution is -2.44. The largest absolute Gasteiger partial charge is 0.465 e. The van der Waals surface area contributed by atoms with Crippen molar-refractivity contribution in [3.8, 4) is 0 Å². The van der Waals surface area contributed by atoms with E-state index in [4.69, 9.17) is 4.55 Å². The topological polar surface area (TPSA) is 99.1 Å². The van der Waals surface area contributed by atoms with Crippen LogP contribution >= 0.6 is 0 Å². The molecule has 1 saturated heterocycles. The summed E-state index contributed by atoms with van der Waals surface area (Å²) in [5.74, 6) is -2.35. The maximum Gasteiger partial charge on any atom is 0.465 e. The van der Waals surface area contributed by atoms with E-state index in [0.29, 0.717) is 0 Å². The van der Waals surface area contributed by atoms with Crippen LogP contribution in [0.25, 0.3) is 0 Å². The van der Waals surface area contributed by atoms with Crippen molar-refractivity contribution in [2.75, 3.05) is 6.61 Å². The Balaban J connectivity index is 2.72. The minimum atomic E-state index is -5.85. The van der Waals surface area contributed by atoms with E-state index in [1.807, 2.05) is 0 Å². The van der Waals surface area contributed by atoms with Gasteiger partial charge in [-0.15, -0.1) is 0 Å². The summed E-state index contributed by atoms with van der Waals surface area (Å²) in [5, 5.41) is -5.00. The highest BCUT2D eigenvalue weighted by Gasteiger charge is 2.55. The van der Waals surface area contributed by atoms with Crippen molar-refractivity contribution >= 4 is 16.1 Å². The fraction of sp³-hybridized carbons (Fsp3) is 0.857. The first kappa shape index (κ1) is 14.2. The van der Waals surface area contributed by atoms with Gasteiger partial charge in [-0.25, -0.2) is 14.6 Å². The van der Waals surface area contributed by atoms with Crippen molar-refractivity contribution in [2.24, 2.45) is 0 Å². The van der Waals surface area contributed by atoms with E-state index in [2.05, 4.69) is 14.5 Å². The molecule has 1 N–H and O–H groups in total. The molecule has 0 bridgehead atoms. The van der Waals surface area contributed by atoms with Crippen molar-refractivity contribution < 1.29 is 41.1 Å². The number of carbonyl (C=O) groups is 1. The van der Waals surface area contributed by atoms with Crippen LogP contribution in [0.3, 0.4) is 0 Å². The number of hydrogen-bond acceptors (Lipinski definition) is 6. The maximum atomic E-state index is 12.8. The number of rotatable bonds is 3. The van der Waals surface area contributed by atoms with Crippen LogP contribution in [-0.4, -0.2) is 43.0 Å². The minimum Gasteiger partial charge on any atom is -0.454 e. The zero-order valence-corrected chi connectivity index (χ0v) is 9.45. The molecule has 1 aliphatic heterocycles. The summed E-state index contributed by atoms with van der Waals surface area (Å²) in [7, 11) is -5.85. The van der Waals surface area contributed by atoms with Gasteiger partial charge in [0.25, 0.3) is 0 Å².